The molecule has 0 aliphatic rings. The minimum absolute atomic E-state index is 0.472. The number of nitrogens with zero attached hydrogens (tertiary/aromatic N) is 2. The van der Waals surface area contributed by atoms with E-state index in [9.17, 15) is 0 Å². The molecule has 0 N–H and O–H groups in total. The van der Waals surface area contributed by atoms with E-state index in [0.717, 1.165) is 16.1 Å². The second-order valence-electron chi connectivity index (χ2n) is 3.22. The predicted molar refractivity (Wildman–Crippen MR) is 53.3 cm³/mol. The van der Waals surface area contributed by atoms with E-state index in [4.69, 9.17) is 0 Å². The van der Waals surface area contributed by atoms with Gasteiger partial charge in [0.05, 0.1) is 0 Å². The molecule has 0 aliphatic heterocycles. The van der Waals surface area contributed by atoms with Crippen LogP contribution < -0.4 is 0 Å². The average molecular weight is 229 g/mol. The van der Waals surface area contributed by atoms with E-state index in [1.54, 1.807) is 0 Å². The second kappa shape index (κ2) is 3.52. The summed E-state index contributed by atoms with van der Waals surface area (Å²) in [6.07, 6.45) is 0. The molecule has 0 aromatic carbocycles. The van der Waals surface area contributed by atoms with Crippen molar-refractivity contribution in [1.29, 1.82) is 0 Å². The van der Waals surface area contributed by atoms with Crippen LogP contribution in [0.15, 0.2) is 4.60 Å². The number of aromatic nitrogens is 2. The maximum absolute atomic E-state index is 4.31. The van der Waals surface area contributed by atoms with Crippen LogP contribution in [0.1, 0.15) is 36.8 Å². The molecule has 3 heteroatoms. The van der Waals surface area contributed by atoms with E-state index in [-0.39, 0.29) is 0 Å². The number of hydrogen-bond acceptors (Lipinski definition) is 2. The number of aryl methyl sites for hydroxylation is 2. The third-order valence-electron chi connectivity index (χ3n) is 1.78. The Balaban J connectivity index is 3.28. The quantitative estimate of drug-likeness (QED) is 0.692. The lowest BCUT2D eigenvalue weighted by atomic mass is 10.0. The summed E-state index contributed by atoms with van der Waals surface area (Å²) in [6, 6.07) is 0. The molecule has 1 aromatic heterocycles. The minimum Gasteiger partial charge on any atom is -0.238 e. The first-order chi connectivity index (χ1) is 5.52. The molecule has 0 spiro atoms. The van der Waals surface area contributed by atoms with Gasteiger partial charge >= 0.3 is 0 Å². The molecule has 0 unspecified atom stereocenters. The molecule has 0 aliphatic carbocycles. The summed E-state index contributed by atoms with van der Waals surface area (Å²) < 4.78 is 0.933. The fourth-order valence-corrected chi connectivity index (χ4v) is 2.34. The Bertz CT molecular complexity index is 272. The van der Waals surface area contributed by atoms with Crippen molar-refractivity contribution in [2.24, 2.45) is 0 Å². The van der Waals surface area contributed by atoms with Crippen molar-refractivity contribution in [3.8, 4) is 0 Å². The number of hydrogen-bond donors (Lipinski definition) is 0. The van der Waals surface area contributed by atoms with Crippen molar-refractivity contribution in [3.63, 3.8) is 0 Å². The lowest BCUT2D eigenvalue weighted by Crippen LogP contribution is -2.01. The van der Waals surface area contributed by atoms with Crippen LogP contribution in [0.5, 0.6) is 0 Å². The summed E-state index contributed by atoms with van der Waals surface area (Å²) in [7, 11) is 0. The molecular weight excluding hydrogens is 216 g/mol. The topological polar surface area (TPSA) is 25.8 Å². The largest absolute Gasteiger partial charge is 0.238 e. The first-order valence-electron chi connectivity index (χ1n) is 4.03. The first-order valence-corrected chi connectivity index (χ1v) is 4.82. The van der Waals surface area contributed by atoms with Gasteiger partial charge in [0.2, 0.25) is 0 Å². The van der Waals surface area contributed by atoms with Gasteiger partial charge < -0.3 is 0 Å². The zero-order valence-corrected chi connectivity index (χ0v) is 9.44. The van der Waals surface area contributed by atoms with Crippen LogP contribution in [0.25, 0.3) is 0 Å². The molecule has 2 nitrogen and oxygen atoms in total. The summed E-state index contributed by atoms with van der Waals surface area (Å²) in [5.41, 5.74) is 2.28. The van der Waals surface area contributed by atoms with Crippen LogP contribution in [0.4, 0.5) is 0 Å². The highest BCUT2D eigenvalue weighted by atomic mass is 79.9. The Labute approximate surface area is 81.6 Å². The summed E-state index contributed by atoms with van der Waals surface area (Å²) in [5, 5.41) is 0. The molecule has 0 atom stereocenters. The number of rotatable bonds is 1. The van der Waals surface area contributed by atoms with Crippen molar-refractivity contribution in [1.82, 2.24) is 9.97 Å². The maximum atomic E-state index is 4.31. The molecule has 0 fully saturated rings. The third-order valence-corrected chi connectivity index (χ3v) is 2.38. The van der Waals surface area contributed by atoms with Crippen LogP contribution in [-0.2, 0) is 0 Å². The Morgan fingerprint density at radius 1 is 1.17 bits per heavy atom. The van der Waals surface area contributed by atoms with Crippen molar-refractivity contribution in [3.05, 3.63) is 21.7 Å². The molecule has 1 rings (SSSR count). The average Bonchev–Trinajstić information content (AvgIpc) is 1.82. The van der Waals surface area contributed by atoms with Crippen molar-refractivity contribution in [2.45, 2.75) is 33.6 Å². The molecule has 0 saturated carbocycles. The van der Waals surface area contributed by atoms with E-state index >= 15 is 0 Å². The second-order valence-corrected chi connectivity index (χ2v) is 3.97. The van der Waals surface area contributed by atoms with Crippen LogP contribution >= 0.6 is 15.9 Å². The van der Waals surface area contributed by atoms with E-state index in [1.807, 2.05) is 13.8 Å². The molecule has 66 valence electrons. The molecule has 0 bridgehead atoms. The van der Waals surface area contributed by atoms with Crippen LogP contribution in [-0.4, -0.2) is 9.97 Å². The molecule has 0 radical (unpaired) electrons. The summed E-state index contributed by atoms with van der Waals surface area (Å²) in [6.45, 7) is 8.22. The monoisotopic (exact) mass is 228 g/mol. The van der Waals surface area contributed by atoms with Gasteiger partial charge in [-0.15, -0.1) is 0 Å². The third kappa shape index (κ3) is 1.83. The molecule has 0 saturated heterocycles. The fraction of sp³-hybridized carbons (Fsp3) is 0.556. The Hall–Kier alpha value is -0.440. The van der Waals surface area contributed by atoms with Crippen molar-refractivity contribution in [2.75, 3.05) is 0 Å². The van der Waals surface area contributed by atoms with Crippen LogP contribution in [0.3, 0.4) is 0 Å². The van der Waals surface area contributed by atoms with Gasteiger partial charge in [-0.1, -0.05) is 13.8 Å². The van der Waals surface area contributed by atoms with Crippen LogP contribution in [0.2, 0.25) is 0 Å². The zero-order valence-electron chi connectivity index (χ0n) is 7.85. The smallest absolute Gasteiger partial charge is 0.126 e. The lowest BCUT2D eigenvalue weighted by molar-refractivity contribution is 0.807. The minimum atomic E-state index is 0.472. The standard InChI is InChI=1S/C9H13BrN2/c1-5(2)8-6(3)11-7(4)12-9(8)10/h5H,1-4H3. The van der Waals surface area contributed by atoms with Crippen molar-refractivity contribution >= 4 is 15.9 Å². The molecule has 1 heterocycles. The fourth-order valence-electron chi connectivity index (χ4n) is 1.34. The molecular formula is C9H13BrN2. The van der Waals surface area contributed by atoms with Gasteiger partial charge in [-0.25, -0.2) is 9.97 Å². The Morgan fingerprint density at radius 3 is 2.17 bits per heavy atom. The van der Waals surface area contributed by atoms with Gasteiger partial charge in [-0.05, 0) is 35.7 Å². The van der Waals surface area contributed by atoms with Gasteiger partial charge in [0.1, 0.15) is 10.4 Å². The highest BCUT2D eigenvalue weighted by Crippen LogP contribution is 2.24. The van der Waals surface area contributed by atoms with Gasteiger partial charge in [0.25, 0.3) is 0 Å². The highest BCUT2D eigenvalue weighted by Gasteiger charge is 2.10. The Morgan fingerprint density at radius 2 is 1.75 bits per heavy atom. The molecule has 0 amide bonds. The molecule has 1 aromatic rings. The zero-order chi connectivity index (χ0) is 9.30. The van der Waals surface area contributed by atoms with E-state index < -0.39 is 0 Å². The van der Waals surface area contributed by atoms with Gasteiger partial charge in [0, 0.05) is 11.3 Å². The van der Waals surface area contributed by atoms with Gasteiger partial charge in [-0.3, -0.25) is 0 Å². The summed E-state index contributed by atoms with van der Waals surface area (Å²) >= 11 is 3.45. The normalized spacial score (nSPS) is 10.8. The van der Waals surface area contributed by atoms with E-state index in [2.05, 4.69) is 39.7 Å². The van der Waals surface area contributed by atoms with Gasteiger partial charge in [0.15, 0.2) is 0 Å². The van der Waals surface area contributed by atoms with E-state index in [0.29, 0.717) is 5.92 Å². The van der Waals surface area contributed by atoms with Gasteiger partial charge in [-0.2, -0.15) is 0 Å². The predicted octanol–water partition coefficient (Wildman–Crippen LogP) is 2.98. The molecule has 12 heavy (non-hydrogen) atoms. The highest BCUT2D eigenvalue weighted by molar-refractivity contribution is 9.10. The van der Waals surface area contributed by atoms with E-state index in [1.165, 1.54) is 5.56 Å². The van der Waals surface area contributed by atoms with Crippen LogP contribution in [0, 0.1) is 13.8 Å². The summed E-state index contributed by atoms with van der Waals surface area (Å²) in [4.78, 5) is 8.58. The lowest BCUT2D eigenvalue weighted by Gasteiger charge is -2.10. The Kier molecular flexibility index (Phi) is 2.83. The number of halogens is 1. The summed E-state index contributed by atoms with van der Waals surface area (Å²) in [5.74, 6) is 1.30. The van der Waals surface area contributed by atoms with Crippen molar-refractivity contribution < 1.29 is 0 Å². The first kappa shape index (κ1) is 9.65. The SMILES string of the molecule is Cc1nc(C)c(C(C)C)c(Br)n1. The maximum Gasteiger partial charge on any atom is 0.126 e.